The van der Waals surface area contributed by atoms with Gasteiger partial charge in [0.2, 0.25) is 11.8 Å². The molecule has 1 saturated heterocycles. The van der Waals surface area contributed by atoms with Gasteiger partial charge in [0.25, 0.3) is 11.6 Å². The zero-order valence-electron chi connectivity index (χ0n) is 19.7. The summed E-state index contributed by atoms with van der Waals surface area (Å²) in [6, 6.07) is 11.0. The first-order chi connectivity index (χ1) is 16.8. The molecule has 2 fully saturated rings. The van der Waals surface area contributed by atoms with Crippen molar-refractivity contribution in [2.75, 3.05) is 30.8 Å². The normalized spacial score (nSPS) is 21.4. The quantitative estimate of drug-likeness (QED) is 0.335. The van der Waals surface area contributed by atoms with Crippen LogP contribution in [0.2, 0.25) is 0 Å². The van der Waals surface area contributed by atoms with Crippen LogP contribution in [0, 0.1) is 27.9 Å². The smallest absolute Gasteiger partial charge is 0.293 e. The summed E-state index contributed by atoms with van der Waals surface area (Å²) >= 11 is 0. The number of likely N-dealkylation sites (tertiary alicyclic amines) is 1. The summed E-state index contributed by atoms with van der Waals surface area (Å²) in [5, 5.41) is 17.3. The van der Waals surface area contributed by atoms with Crippen molar-refractivity contribution in [1.82, 2.24) is 4.90 Å². The van der Waals surface area contributed by atoms with Crippen LogP contribution in [0.4, 0.5) is 17.1 Å². The van der Waals surface area contributed by atoms with E-state index in [0.717, 1.165) is 19.3 Å². The highest BCUT2D eigenvalue weighted by molar-refractivity contribution is 6.06. The van der Waals surface area contributed by atoms with Crippen molar-refractivity contribution in [2.45, 2.75) is 26.2 Å². The number of para-hydroxylation sites is 2. The minimum absolute atomic E-state index is 0.108. The molecule has 2 aromatic rings. The maximum Gasteiger partial charge on any atom is 0.293 e. The van der Waals surface area contributed by atoms with Gasteiger partial charge in [-0.25, -0.2) is 0 Å². The summed E-state index contributed by atoms with van der Waals surface area (Å²) in [6.07, 6.45) is 2.39. The lowest BCUT2D eigenvalue weighted by Crippen LogP contribution is -2.35. The van der Waals surface area contributed by atoms with Crippen molar-refractivity contribution in [2.24, 2.45) is 17.8 Å². The minimum Gasteiger partial charge on any atom is -0.495 e. The first kappa shape index (κ1) is 24.2. The number of rotatable bonds is 8. The standard InChI is InChI=1S/C25H28N4O6/c1-15-7-9-17-18(13-15)25(32)28(24(17)31)12-11-26-19-10-8-16(14-21(19)29(33)34)23(30)27-20-5-3-4-6-22(20)35-2/h3-6,8,10,14-15,17-18,26H,7,9,11-13H2,1-2H3,(H,27,30)/t15-,17+,18-/m1/s1. The van der Waals surface area contributed by atoms with Gasteiger partial charge in [-0.3, -0.25) is 29.4 Å². The van der Waals surface area contributed by atoms with Crippen LogP contribution < -0.4 is 15.4 Å². The van der Waals surface area contributed by atoms with Crippen molar-refractivity contribution < 1.29 is 24.0 Å². The number of anilines is 2. The molecule has 0 spiro atoms. The molecule has 0 bridgehead atoms. The van der Waals surface area contributed by atoms with Gasteiger partial charge in [0.05, 0.1) is 29.6 Å². The van der Waals surface area contributed by atoms with Crippen LogP contribution in [0.3, 0.4) is 0 Å². The summed E-state index contributed by atoms with van der Waals surface area (Å²) in [5.74, 6) is -0.413. The van der Waals surface area contributed by atoms with Crippen molar-refractivity contribution >= 4 is 34.8 Å². The lowest BCUT2D eigenvalue weighted by atomic mass is 9.76. The molecule has 3 amide bonds. The van der Waals surface area contributed by atoms with Gasteiger partial charge in [0.15, 0.2) is 0 Å². The summed E-state index contributed by atoms with van der Waals surface area (Å²) in [7, 11) is 1.48. The molecule has 0 radical (unpaired) electrons. The van der Waals surface area contributed by atoms with E-state index in [0.29, 0.717) is 17.4 Å². The van der Waals surface area contributed by atoms with Gasteiger partial charge in [-0.15, -0.1) is 0 Å². The van der Waals surface area contributed by atoms with Crippen LogP contribution in [0.25, 0.3) is 0 Å². The third-order valence-corrected chi connectivity index (χ3v) is 6.74. The number of nitrogens with one attached hydrogen (secondary N) is 2. The molecule has 1 saturated carbocycles. The molecule has 10 heteroatoms. The number of ether oxygens (including phenoxy) is 1. The number of amides is 3. The second kappa shape index (κ2) is 10.1. The molecule has 10 nitrogen and oxygen atoms in total. The Hall–Kier alpha value is -3.95. The van der Waals surface area contributed by atoms with Crippen LogP contribution in [0.1, 0.15) is 36.5 Å². The Kier molecular flexibility index (Phi) is 6.99. The predicted octanol–water partition coefficient (Wildman–Crippen LogP) is 3.69. The van der Waals surface area contributed by atoms with Crippen LogP contribution in [0.15, 0.2) is 42.5 Å². The van der Waals surface area contributed by atoms with Crippen LogP contribution in [-0.4, -0.2) is 47.7 Å². The Bertz CT molecular complexity index is 1170. The Labute approximate surface area is 202 Å². The number of nitro groups is 1. The molecular formula is C25H28N4O6. The van der Waals surface area contributed by atoms with Gasteiger partial charge in [-0.2, -0.15) is 0 Å². The summed E-state index contributed by atoms with van der Waals surface area (Å²) < 4.78 is 5.22. The number of hydrogen-bond donors (Lipinski definition) is 2. The molecule has 0 unspecified atom stereocenters. The zero-order valence-corrected chi connectivity index (χ0v) is 19.7. The average Bonchev–Trinajstić information content (AvgIpc) is 3.08. The molecule has 2 aliphatic rings. The van der Waals surface area contributed by atoms with Gasteiger partial charge >= 0.3 is 0 Å². The Morgan fingerprint density at radius 1 is 1.11 bits per heavy atom. The fourth-order valence-corrected chi connectivity index (χ4v) is 4.90. The van der Waals surface area contributed by atoms with E-state index in [1.165, 1.54) is 30.2 Å². The Morgan fingerprint density at radius 2 is 1.86 bits per heavy atom. The third-order valence-electron chi connectivity index (χ3n) is 6.74. The van der Waals surface area contributed by atoms with E-state index < -0.39 is 10.8 Å². The molecule has 0 aromatic heterocycles. The van der Waals surface area contributed by atoms with Crippen molar-refractivity contribution in [3.63, 3.8) is 0 Å². The maximum absolute atomic E-state index is 12.7. The number of fused-ring (bicyclic) bond motifs is 1. The highest BCUT2D eigenvalue weighted by Gasteiger charge is 2.49. The van der Waals surface area contributed by atoms with E-state index in [1.807, 2.05) is 0 Å². The van der Waals surface area contributed by atoms with Gasteiger partial charge in [-0.05, 0) is 49.4 Å². The lowest BCUT2D eigenvalue weighted by Gasteiger charge is -2.25. The van der Waals surface area contributed by atoms with E-state index in [9.17, 15) is 24.5 Å². The summed E-state index contributed by atoms with van der Waals surface area (Å²) in [6.45, 7) is 2.39. The number of benzene rings is 2. The molecule has 1 aliphatic carbocycles. The lowest BCUT2D eigenvalue weighted by molar-refractivity contribution is -0.384. The van der Waals surface area contributed by atoms with Crippen LogP contribution in [-0.2, 0) is 9.59 Å². The first-order valence-electron chi connectivity index (χ1n) is 11.6. The molecule has 3 atom stereocenters. The molecule has 4 rings (SSSR count). The SMILES string of the molecule is COc1ccccc1NC(=O)c1ccc(NCCN2C(=O)[C@H]3CC[C@@H](C)C[C@H]3C2=O)c([N+](=O)[O-])c1. The van der Waals surface area contributed by atoms with Gasteiger partial charge in [0, 0.05) is 24.7 Å². The molecule has 2 aromatic carbocycles. The highest BCUT2D eigenvalue weighted by atomic mass is 16.6. The summed E-state index contributed by atoms with van der Waals surface area (Å²) in [4.78, 5) is 50.5. The molecule has 184 valence electrons. The molecule has 1 heterocycles. The number of methoxy groups -OCH3 is 1. The van der Waals surface area contributed by atoms with Crippen LogP contribution >= 0.6 is 0 Å². The molecular weight excluding hydrogens is 452 g/mol. The highest BCUT2D eigenvalue weighted by Crippen LogP contribution is 2.40. The second-order valence-electron chi connectivity index (χ2n) is 9.03. The zero-order chi connectivity index (χ0) is 25.1. The minimum atomic E-state index is -0.579. The van der Waals surface area contributed by atoms with Crippen LogP contribution in [0.5, 0.6) is 5.75 Å². The predicted molar refractivity (Wildman–Crippen MR) is 129 cm³/mol. The average molecular weight is 481 g/mol. The first-order valence-corrected chi connectivity index (χ1v) is 11.6. The fraction of sp³-hybridized carbons (Fsp3) is 0.400. The van der Waals surface area contributed by atoms with Crippen molar-refractivity contribution in [3.8, 4) is 5.75 Å². The van der Waals surface area contributed by atoms with E-state index in [2.05, 4.69) is 17.6 Å². The molecule has 1 aliphatic heterocycles. The Balaban J connectivity index is 1.42. The van der Waals surface area contributed by atoms with E-state index >= 15 is 0 Å². The van der Waals surface area contributed by atoms with Gasteiger partial charge in [-0.1, -0.05) is 19.1 Å². The topological polar surface area (TPSA) is 131 Å². The number of nitrogens with zero attached hydrogens (tertiary/aromatic N) is 2. The number of hydrogen-bond acceptors (Lipinski definition) is 7. The number of imide groups is 1. The van der Waals surface area contributed by atoms with Gasteiger partial charge < -0.3 is 15.4 Å². The number of carbonyl (C=O) groups excluding carboxylic acids is 3. The molecule has 2 N–H and O–H groups in total. The molecule has 35 heavy (non-hydrogen) atoms. The van der Waals surface area contributed by atoms with E-state index in [1.54, 1.807) is 24.3 Å². The van der Waals surface area contributed by atoms with Crippen molar-refractivity contribution in [3.05, 3.63) is 58.1 Å². The Morgan fingerprint density at radius 3 is 2.60 bits per heavy atom. The summed E-state index contributed by atoms with van der Waals surface area (Å²) in [5.41, 5.74) is 0.476. The number of nitro benzene ring substituents is 1. The second-order valence-corrected chi connectivity index (χ2v) is 9.03. The maximum atomic E-state index is 12.7. The van der Waals surface area contributed by atoms with Gasteiger partial charge in [0.1, 0.15) is 11.4 Å². The largest absolute Gasteiger partial charge is 0.495 e. The monoisotopic (exact) mass is 480 g/mol. The fourth-order valence-electron chi connectivity index (χ4n) is 4.90. The number of carbonyl (C=O) groups is 3. The van der Waals surface area contributed by atoms with E-state index in [-0.39, 0.29) is 53.7 Å². The van der Waals surface area contributed by atoms with Crippen molar-refractivity contribution in [1.29, 1.82) is 0 Å². The third kappa shape index (κ3) is 4.96. The van der Waals surface area contributed by atoms with E-state index in [4.69, 9.17) is 4.74 Å².